The number of anilines is 1. The molecule has 7 nitrogen and oxygen atoms in total. The van der Waals surface area contributed by atoms with E-state index >= 15 is 0 Å². The molecule has 0 unspecified atom stereocenters. The minimum Gasteiger partial charge on any atom is -0.497 e. The number of fused-ring (bicyclic) bond motifs is 3. The fourth-order valence-electron chi connectivity index (χ4n) is 4.80. The van der Waals surface area contributed by atoms with Crippen molar-refractivity contribution in [1.29, 1.82) is 0 Å². The highest BCUT2D eigenvalue weighted by Gasteiger charge is 2.25. The molecule has 2 aromatic heterocycles. The van der Waals surface area contributed by atoms with Crippen molar-refractivity contribution in [3.05, 3.63) is 84.3 Å². The third-order valence-corrected chi connectivity index (χ3v) is 7.71. The molecular weight excluding hydrogens is 489 g/mol. The number of piperazine rings is 1. The summed E-state index contributed by atoms with van der Waals surface area (Å²) < 4.78 is 22.3. The Morgan fingerprint density at radius 2 is 1.84 bits per heavy atom. The molecule has 1 saturated heterocycles. The Hall–Kier alpha value is -3.95. The maximum Gasteiger partial charge on any atom is 0.321 e. The van der Waals surface area contributed by atoms with Crippen LogP contribution in [0.15, 0.2) is 72.8 Å². The third kappa shape index (κ3) is 4.63. The summed E-state index contributed by atoms with van der Waals surface area (Å²) in [6, 6.07) is 22.1. The van der Waals surface area contributed by atoms with Crippen LogP contribution in [0.25, 0.3) is 26.4 Å². The number of carbonyl (C=O) groups is 1. The van der Waals surface area contributed by atoms with Crippen LogP contribution in [0, 0.1) is 5.82 Å². The van der Waals surface area contributed by atoms with E-state index in [0.717, 1.165) is 51.0 Å². The first kappa shape index (κ1) is 23.4. The Labute approximate surface area is 217 Å². The fraction of sp³-hybridized carbons (Fsp3) is 0.214. The lowest BCUT2D eigenvalue weighted by Gasteiger charge is -2.34. The van der Waals surface area contributed by atoms with E-state index in [2.05, 4.69) is 38.9 Å². The van der Waals surface area contributed by atoms with Gasteiger partial charge in [0.1, 0.15) is 11.6 Å². The number of aromatic nitrogens is 2. The number of hydrogen-bond acceptors (Lipinski definition) is 5. The van der Waals surface area contributed by atoms with E-state index in [9.17, 15) is 9.18 Å². The predicted molar refractivity (Wildman–Crippen MR) is 145 cm³/mol. The number of carbonyl (C=O) groups excluding carboxylic acids is 1. The minimum absolute atomic E-state index is 0.209. The van der Waals surface area contributed by atoms with Gasteiger partial charge in [0.05, 0.1) is 28.7 Å². The molecule has 1 N–H and O–H groups in total. The van der Waals surface area contributed by atoms with Gasteiger partial charge in [-0.05, 0) is 36.4 Å². The van der Waals surface area contributed by atoms with Crippen LogP contribution in [0.2, 0.25) is 0 Å². The van der Waals surface area contributed by atoms with Crippen molar-refractivity contribution in [2.24, 2.45) is 0 Å². The standard InChI is InChI=1S/C28H26FN5O2S/c1-36-22-10-11-23-25(17-22)37-28-31-26(19-6-3-2-4-7-19)24(34(23)28)18-32-12-14-33(15-13-32)27(35)30-21-9-5-8-20(29)16-21/h2-11,16-17H,12-15,18H2,1H3,(H,30,35). The van der Waals surface area contributed by atoms with Crippen LogP contribution in [-0.2, 0) is 6.54 Å². The molecule has 0 spiro atoms. The molecule has 0 bridgehead atoms. The maximum absolute atomic E-state index is 13.5. The van der Waals surface area contributed by atoms with Gasteiger partial charge in [-0.15, -0.1) is 0 Å². The average Bonchev–Trinajstić information content (AvgIpc) is 3.45. The summed E-state index contributed by atoms with van der Waals surface area (Å²) in [5.41, 5.74) is 4.77. The van der Waals surface area contributed by atoms with Gasteiger partial charge in [0.15, 0.2) is 4.96 Å². The Balaban J connectivity index is 1.25. The molecule has 0 radical (unpaired) electrons. The zero-order valence-corrected chi connectivity index (χ0v) is 21.2. The van der Waals surface area contributed by atoms with Gasteiger partial charge in [-0.25, -0.2) is 14.2 Å². The number of nitrogens with one attached hydrogen (secondary N) is 1. The molecule has 2 amide bonds. The molecule has 1 aliphatic heterocycles. The Bertz CT molecular complexity index is 1570. The summed E-state index contributed by atoms with van der Waals surface area (Å²) in [6.45, 7) is 3.35. The number of thiazole rings is 1. The van der Waals surface area contributed by atoms with Crippen LogP contribution in [0.5, 0.6) is 5.75 Å². The summed E-state index contributed by atoms with van der Waals surface area (Å²) in [7, 11) is 1.68. The van der Waals surface area contributed by atoms with Gasteiger partial charge < -0.3 is 15.0 Å². The quantitative estimate of drug-likeness (QED) is 0.326. The summed E-state index contributed by atoms with van der Waals surface area (Å²) in [5, 5.41) is 2.80. The maximum atomic E-state index is 13.5. The molecule has 0 atom stereocenters. The SMILES string of the molecule is COc1ccc2c(c1)sc1nc(-c3ccccc3)c(CN3CCN(C(=O)Nc4cccc(F)c4)CC3)n12. The molecule has 3 aromatic carbocycles. The molecule has 1 aliphatic rings. The number of methoxy groups -OCH3 is 1. The zero-order valence-electron chi connectivity index (χ0n) is 20.4. The number of rotatable bonds is 5. The number of nitrogens with zero attached hydrogens (tertiary/aromatic N) is 4. The van der Waals surface area contributed by atoms with Crippen molar-refractivity contribution in [1.82, 2.24) is 19.2 Å². The topological polar surface area (TPSA) is 62.1 Å². The number of halogens is 1. The Morgan fingerprint density at radius 3 is 2.59 bits per heavy atom. The zero-order chi connectivity index (χ0) is 25.4. The third-order valence-electron chi connectivity index (χ3n) is 6.71. The van der Waals surface area contributed by atoms with Crippen molar-refractivity contribution in [2.45, 2.75) is 6.54 Å². The molecule has 1 fully saturated rings. The lowest BCUT2D eigenvalue weighted by Crippen LogP contribution is -2.49. The van der Waals surface area contributed by atoms with Crippen molar-refractivity contribution >= 4 is 38.2 Å². The molecule has 37 heavy (non-hydrogen) atoms. The Kier molecular flexibility index (Phi) is 6.23. The smallest absolute Gasteiger partial charge is 0.321 e. The fourth-order valence-corrected chi connectivity index (χ4v) is 5.87. The van der Waals surface area contributed by atoms with E-state index in [4.69, 9.17) is 9.72 Å². The van der Waals surface area contributed by atoms with E-state index in [1.807, 2.05) is 24.3 Å². The van der Waals surface area contributed by atoms with Gasteiger partial charge in [-0.2, -0.15) is 0 Å². The van der Waals surface area contributed by atoms with Crippen molar-refractivity contribution in [3.8, 4) is 17.0 Å². The second-order valence-corrected chi connectivity index (χ2v) is 10.0. The van der Waals surface area contributed by atoms with Crippen LogP contribution in [-0.4, -0.2) is 58.5 Å². The molecule has 6 rings (SSSR count). The summed E-state index contributed by atoms with van der Waals surface area (Å²) in [6.07, 6.45) is 0. The van der Waals surface area contributed by atoms with Crippen molar-refractivity contribution in [3.63, 3.8) is 0 Å². The largest absolute Gasteiger partial charge is 0.497 e. The summed E-state index contributed by atoms with van der Waals surface area (Å²) in [4.78, 5) is 22.9. The van der Waals surface area contributed by atoms with E-state index in [-0.39, 0.29) is 11.8 Å². The second-order valence-electron chi connectivity index (χ2n) is 9.03. The number of ether oxygens (including phenoxy) is 1. The number of hydrogen-bond donors (Lipinski definition) is 1. The highest BCUT2D eigenvalue weighted by Crippen LogP contribution is 2.35. The normalized spacial score (nSPS) is 14.4. The van der Waals surface area contributed by atoms with Gasteiger partial charge in [-0.3, -0.25) is 9.30 Å². The molecule has 3 heterocycles. The lowest BCUT2D eigenvalue weighted by molar-refractivity contribution is 0.142. The minimum atomic E-state index is -0.372. The molecule has 0 saturated carbocycles. The van der Waals surface area contributed by atoms with Crippen LogP contribution in [0.4, 0.5) is 14.9 Å². The monoisotopic (exact) mass is 515 g/mol. The second kappa shape index (κ2) is 9.84. The van der Waals surface area contributed by atoms with Gasteiger partial charge in [0.2, 0.25) is 0 Å². The molecule has 0 aliphatic carbocycles. The van der Waals surface area contributed by atoms with Gasteiger partial charge >= 0.3 is 6.03 Å². The van der Waals surface area contributed by atoms with Crippen LogP contribution in [0.3, 0.4) is 0 Å². The number of amides is 2. The van der Waals surface area contributed by atoms with Gasteiger partial charge in [0, 0.05) is 44.0 Å². The van der Waals surface area contributed by atoms with E-state index in [1.165, 1.54) is 12.1 Å². The van der Waals surface area contributed by atoms with Gasteiger partial charge in [-0.1, -0.05) is 47.7 Å². The van der Waals surface area contributed by atoms with E-state index < -0.39 is 0 Å². The first-order valence-electron chi connectivity index (χ1n) is 12.2. The van der Waals surface area contributed by atoms with Crippen molar-refractivity contribution < 1.29 is 13.9 Å². The van der Waals surface area contributed by atoms with Gasteiger partial charge in [0.25, 0.3) is 0 Å². The first-order valence-corrected chi connectivity index (χ1v) is 13.0. The molecule has 9 heteroatoms. The number of benzene rings is 3. The molecule has 5 aromatic rings. The first-order chi connectivity index (χ1) is 18.1. The number of urea groups is 1. The Morgan fingerprint density at radius 1 is 1.03 bits per heavy atom. The summed E-state index contributed by atoms with van der Waals surface area (Å²) >= 11 is 1.65. The van der Waals surface area contributed by atoms with E-state index in [0.29, 0.717) is 25.3 Å². The van der Waals surface area contributed by atoms with E-state index in [1.54, 1.807) is 35.5 Å². The molecule has 188 valence electrons. The van der Waals surface area contributed by atoms with Crippen molar-refractivity contribution in [2.75, 3.05) is 38.6 Å². The highest BCUT2D eigenvalue weighted by atomic mass is 32.1. The van der Waals surface area contributed by atoms with Crippen LogP contribution < -0.4 is 10.1 Å². The average molecular weight is 516 g/mol. The van der Waals surface area contributed by atoms with Crippen LogP contribution >= 0.6 is 11.3 Å². The summed E-state index contributed by atoms with van der Waals surface area (Å²) in [5.74, 6) is 0.456. The number of imidazole rings is 1. The highest BCUT2D eigenvalue weighted by molar-refractivity contribution is 7.23. The lowest BCUT2D eigenvalue weighted by atomic mass is 10.1. The molecular formula is C28H26FN5O2S. The predicted octanol–water partition coefficient (Wildman–Crippen LogP) is 5.71. The van der Waals surface area contributed by atoms with Crippen LogP contribution in [0.1, 0.15) is 5.69 Å².